The van der Waals surface area contributed by atoms with Crippen LogP contribution in [0.3, 0.4) is 0 Å². The van der Waals surface area contributed by atoms with E-state index in [2.05, 4.69) is 51.6 Å². The van der Waals surface area contributed by atoms with Crippen molar-refractivity contribution in [3.63, 3.8) is 0 Å². The average Bonchev–Trinajstić information content (AvgIpc) is 2.38. The van der Waals surface area contributed by atoms with Gasteiger partial charge in [-0.1, -0.05) is 33.6 Å². The van der Waals surface area contributed by atoms with Gasteiger partial charge in [-0.2, -0.15) is 0 Å². The lowest BCUT2D eigenvalue weighted by molar-refractivity contribution is -0.0382. The predicted octanol–water partition coefficient (Wildman–Crippen LogP) is 2.80. The number of hydrogen-bond donors (Lipinski definition) is 1. The molecule has 0 amide bonds. The first-order valence-corrected chi connectivity index (χ1v) is 8.50. The van der Waals surface area contributed by atoms with Crippen LogP contribution in [0.25, 0.3) is 0 Å². The van der Waals surface area contributed by atoms with E-state index in [0.717, 1.165) is 31.5 Å². The SMILES string of the molecule is CCN(C(C)CN(C)C)C1(CN)CCCCC1C(C)C. The highest BCUT2D eigenvalue weighted by Crippen LogP contribution is 2.42. The van der Waals surface area contributed by atoms with E-state index in [4.69, 9.17) is 5.73 Å². The Morgan fingerprint density at radius 2 is 1.85 bits per heavy atom. The summed E-state index contributed by atoms with van der Waals surface area (Å²) in [5, 5.41) is 0. The fraction of sp³-hybridized carbons (Fsp3) is 1.00. The molecule has 0 aromatic rings. The van der Waals surface area contributed by atoms with Gasteiger partial charge in [0.2, 0.25) is 0 Å². The van der Waals surface area contributed by atoms with Crippen molar-refractivity contribution in [3.05, 3.63) is 0 Å². The second-order valence-corrected chi connectivity index (χ2v) is 7.30. The number of nitrogens with zero attached hydrogens (tertiary/aromatic N) is 2. The smallest absolute Gasteiger partial charge is 0.0365 e. The Balaban J connectivity index is 3.02. The standard InChI is InChI=1S/C17H37N3/c1-7-20(15(4)12-19(5)6)17(13-18)11-9-8-10-16(17)14(2)3/h14-16H,7-13,18H2,1-6H3. The molecule has 0 aromatic carbocycles. The first kappa shape index (κ1) is 17.9. The molecular weight excluding hydrogens is 246 g/mol. The van der Waals surface area contributed by atoms with Gasteiger partial charge in [0, 0.05) is 24.7 Å². The summed E-state index contributed by atoms with van der Waals surface area (Å²) in [5.74, 6) is 1.46. The van der Waals surface area contributed by atoms with Gasteiger partial charge in [-0.05, 0) is 52.2 Å². The van der Waals surface area contributed by atoms with Gasteiger partial charge in [0.15, 0.2) is 0 Å². The zero-order chi connectivity index (χ0) is 15.3. The molecule has 1 aliphatic carbocycles. The highest BCUT2D eigenvalue weighted by atomic mass is 15.3. The van der Waals surface area contributed by atoms with Gasteiger partial charge in [0.05, 0.1) is 0 Å². The second-order valence-electron chi connectivity index (χ2n) is 7.30. The third kappa shape index (κ3) is 3.75. The quantitative estimate of drug-likeness (QED) is 0.780. The zero-order valence-electron chi connectivity index (χ0n) is 14.7. The summed E-state index contributed by atoms with van der Waals surface area (Å²) >= 11 is 0. The van der Waals surface area contributed by atoms with Crippen molar-refractivity contribution in [2.75, 3.05) is 33.7 Å². The summed E-state index contributed by atoms with van der Waals surface area (Å²) in [5.41, 5.74) is 6.58. The Bertz CT molecular complexity index is 277. The first-order chi connectivity index (χ1) is 9.39. The predicted molar refractivity (Wildman–Crippen MR) is 89.0 cm³/mol. The van der Waals surface area contributed by atoms with Gasteiger partial charge in [-0.15, -0.1) is 0 Å². The molecule has 0 aliphatic heterocycles. The second kappa shape index (κ2) is 7.77. The molecular formula is C17H37N3. The fourth-order valence-corrected chi connectivity index (χ4v) is 4.62. The summed E-state index contributed by atoms with van der Waals surface area (Å²) in [6.07, 6.45) is 5.34. The number of likely N-dealkylation sites (N-methyl/N-ethyl adjacent to an activating group) is 2. The molecule has 1 rings (SSSR count). The van der Waals surface area contributed by atoms with Crippen LogP contribution in [0.1, 0.15) is 53.4 Å². The first-order valence-electron chi connectivity index (χ1n) is 8.50. The van der Waals surface area contributed by atoms with Crippen LogP contribution in [0.5, 0.6) is 0 Å². The Morgan fingerprint density at radius 3 is 2.30 bits per heavy atom. The summed E-state index contributed by atoms with van der Waals surface area (Å²) in [7, 11) is 4.33. The van der Waals surface area contributed by atoms with Crippen LogP contribution in [-0.2, 0) is 0 Å². The van der Waals surface area contributed by atoms with Crippen LogP contribution in [0.2, 0.25) is 0 Å². The highest BCUT2D eigenvalue weighted by molar-refractivity contribution is 5.02. The van der Waals surface area contributed by atoms with Gasteiger partial charge in [-0.3, -0.25) is 4.90 Å². The van der Waals surface area contributed by atoms with Crippen molar-refractivity contribution in [3.8, 4) is 0 Å². The minimum Gasteiger partial charge on any atom is -0.329 e. The summed E-state index contributed by atoms with van der Waals surface area (Å²) in [6, 6.07) is 0.567. The molecule has 3 nitrogen and oxygen atoms in total. The summed E-state index contributed by atoms with van der Waals surface area (Å²) in [4.78, 5) is 5.02. The van der Waals surface area contributed by atoms with E-state index < -0.39 is 0 Å². The Morgan fingerprint density at radius 1 is 1.20 bits per heavy atom. The van der Waals surface area contributed by atoms with Gasteiger partial charge in [0.25, 0.3) is 0 Å². The van der Waals surface area contributed by atoms with E-state index in [1.165, 1.54) is 25.7 Å². The fourth-order valence-electron chi connectivity index (χ4n) is 4.62. The lowest BCUT2D eigenvalue weighted by atomic mass is 9.66. The van der Waals surface area contributed by atoms with Crippen LogP contribution in [-0.4, -0.2) is 55.1 Å². The maximum absolute atomic E-state index is 6.36. The van der Waals surface area contributed by atoms with Crippen molar-refractivity contribution in [2.24, 2.45) is 17.6 Å². The zero-order valence-corrected chi connectivity index (χ0v) is 14.7. The van der Waals surface area contributed by atoms with Crippen molar-refractivity contribution in [1.82, 2.24) is 9.80 Å². The molecule has 1 aliphatic rings. The van der Waals surface area contributed by atoms with Crippen LogP contribution < -0.4 is 5.73 Å². The molecule has 0 heterocycles. The third-order valence-corrected chi connectivity index (χ3v) is 5.30. The topological polar surface area (TPSA) is 32.5 Å². The van der Waals surface area contributed by atoms with E-state index in [9.17, 15) is 0 Å². The van der Waals surface area contributed by atoms with Crippen LogP contribution >= 0.6 is 0 Å². The van der Waals surface area contributed by atoms with Gasteiger partial charge in [-0.25, -0.2) is 0 Å². The number of nitrogens with two attached hydrogens (primary N) is 1. The van der Waals surface area contributed by atoms with E-state index in [1.807, 2.05) is 0 Å². The number of hydrogen-bond acceptors (Lipinski definition) is 3. The highest BCUT2D eigenvalue weighted by Gasteiger charge is 2.46. The molecule has 3 heteroatoms. The van der Waals surface area contributed by atoms with Crippen LogP contribution in [0, 0.1) is 11.8 Å². The van der Waals surface area contributed by atoms with E-state index >= 15 is 0 Å². The largest absolute Gasteiger partial charge is 0.329 e. The monoisotopic (exact) mass is 283 g/mol. The van der Waals surface area contributed by atoms with Gasteiger partial charge in [0.1, 0.15) is 0 Å². The lowest BCUT2D eigenvalue weighted by Crippen LogP contribution is -2.64. The van der Waals surface area contributed by atoms with Crippen molar-refractivity contribution in [1.29, 1.82) is 0 Å². The van der Waals surface area contributed by atoms with E-state index in [0.29, 0.717) is 6.04 Å². The van der Waals surface area contributed by atoms with Crippen LogP contribution in [0.15, 0.2) is 0 Å². The summed E-state index contributed by atoms with van der Waals surface area (Å²) in [6.45, 7) is 12.5. The maximum Gasteiger partial charge on any atom is 0.0365 e. The molecule has 0 saturated heterocycles. The normalized spacial score (nSPS) is 29.4. The van der Waals surface area contributed by atoms with Gasteiger partial charge < -0.3 is 10.6 Å². The van der Waals surface area contributed by atoms with Gasteiger partial charge >= 0.3 is 0 Å². The van der Waals surface area contributed by atoms with E-state index in [1.54, 1.807) is 0 Å². The lowest BCUT2D eigenvalue weighted by Gasteiger charge is -2.55. The van der Waals surface area contributed by atoms with Crippen molar-refractivity contribution < 1.29 is 0 Å². The molecule has 0 radical (unpaired) electrons. The molecule has 1 saturated carbocycles. The summed E-state index contributed by atoms with van der Waals surface area (Å²) < 4.78 is 0. The molecule has 1 fully saturated rings. The molecule has 0 aromatic heterocycles. The van der Waals surface area contributed by atoms with Crippen molar-refractivity contribution in [2.45, 2.75) is 65.0 Å². The molecule has 2 N–H and O–H groups in total. The number of rotatable bonds is 7. The molecule has 0 bridgehead atoms. The Labute approximate surface area is 126 Å². The Hall–Kier alpha value is -0.120. The van der Waals surface area contributed by atoms with Crippen molar-refractivity contribution >= 4 is 0 Å². The maximum atomic E-state index is 6.36. The Kier molecular flexibility index (Phi) is 6.96. The minimum absolute atomic E-state index is 0.219. The molecule has 0 spiro atoms. The molecule has 20 heavy (non-hydrogen) atoms. The van der Waals surface area contributed by atoms with Crippen LogP contribution in [0.4, 0.5) is 0 Å². The van der Waals surface area contributed by atoms with E-state index in [-0.39, 0.29) is 5.54 Å². The molecule has 3 atom stereocenters. The molecule has 3 unspecified atom stereocenters. The average molecular weight is 284 g/mol. The third-order valence-electron chi connectivity index (χ3n) is 5.30. The minimum atomic E-state index is 0.219. The molecule has 120 valence electrons.